The van der Waals surface area contributed by atoms with Gasteiger partial charge in [0.2, 0.25) is 0 Å². The van der Waals surface area contributed by atoms with Crippen LogP contribution in [0.15, 0.2) is 23.4 Å². The number of hydrogen-bond donors (Lipinski definition) is 1. The van der Waals surface area contributed by atoms with Crippen molar-refractivity contribution in [3.05, 3.63) is 23.4 Å². The molecule has 1 aliphatic rings. The molecule has 1 aliphatic heterocycles. The Labute approximate surface area is 65.6 Å². The zero-order valence-corrected chi connectivity index (χ0v) is 6.66. The first kappa shape index (κ1) is 7.85. The van der Waals surface area contributed by atoms with Crippen LogP contribution in [0.4, 0.5) is 0 Å². The van der Waals surface area contributed by atoms with Crippen LogP contribution in [0.5, 0.6) is 0 Å². The van der Waals surface area contributed by atoms with Gasteiger partial charge in [-0.25, -0.2) is 4.79 Å². The quantitative estimate of drug-likeness (QED) is 0.607. The van der Waals surface area contributed by atoms with Crippen LogP contribution in [-0.2, 0) is 4.79 Å². The first-order valence-corrected chi connectivity index (χ1v) is 3.44. The van der Waals surface area contributed by atoms with Crippen molar-refractivity contribution in [1.29, 1.82) is 0 Å². The normalized spacial score (nSPS) is 17.5. The summed E-state index contributed by atoms with van der Waals surface area (Å²) in [6.45, 7) is 2.58. The third-order valence-electron chi connectivity index (χ3n) is 1.80. The Morgan fingerprint density at radius 2 is 2.36 bits per heavy atom. The van der Waals surface area contributed by atoms with Crippen LogP contribution in [0, 0.1) is 0 Å². The molecule has 0 saturated heterocycles. The van der Waals surface area contributed by atoms with Gasteiger partial charge in [-0.2, -0.15) is 0 Å². The Balaban J connectivity index is 2.83. The highest BCUT2D eigenvalue weighted by Crippen LogP contribution is 2.11. The summed E-state index contributed by atoms with van der Waals surface area (Å²) in [5.74, 6) is -0.850. The molecular weight excluding hydrogens is 142 g/mol. The maximum Gasteiger partial charge on any atom is 0.335 e. The SMILES string of the molecule is CC1=CC(C(=O)O)=CCN1C. The van der Waals surface area contributed by atoms with Gasteiger partial charge in [-0.05, 0) is 13.0 Å². The molecule has 1 rings (SSSR count). The molecule has 1 N–H and O–H groups in total. The third kappa shape index (κ3) is 1.61. The summed E-state index contributed by atoms with van der Waals surface area (Å²) in [6.07, 6.45) is 3.38. The van der Waals surface area contributed by atoms with E-state index in [9.17, 15) is 4.79 Å². The lowest BCUT2D eigenvalue weighted by Gasteiger charge is -2.21. The van der Waals surface area contributed by atoms with Crippen molar-refractivity contribution in [2.75, 3.05) is 13.6 Å². The van der Waals surface area contributed by atoms with Crippen molar-refractivity contribution in [3.63, 3.8) is 0 Å². The number of carboxylic acids is 1. The summed E-state index contributed by atoms with van der Waals surface area (Å²) in [5.41, 5.74) is 1.38. The molecule has 0 fully saturated rings. The highest BCUT2D eigenvalue weighted by Gasteiger charge is 2.10. The van der Waals surface area contributed by atoms with Crippen molar-refractivity contribution >= 4 is 5.97 Å². The van der Waals surface area contributed by atoms with Gasteiger partial charge in [0.05, 0.1) is 5.57 Å². The molecule has 0 aromatic carbocycles. The van der Waals surface area contributed by atoms with E-state index in [0.29, 0.717) is 12.1 Å². The van der Waals surface area contributed by atoms with E-state index in [0.717, 1.165) is 5.70 Å². The second-order valence-electron chi connectivity index (χ2n) is 2.63. The van der Waals surface area contributed by atoms with Gasteiger partial charge < -0.3 is 10.0 Å². The number of carboxylic acid groups (broad SMARTS) is 1. The molecule has 3 heteroatoms. The standard InChI is InChI=1S/C8H11NO2/c1-6-5-7(8(10)11)3-4-9(6)2/h3,5H,4H2,1-2H3,(H,10,11). The number of carbonyl (C=O) groups is 1. The summed E-state index contributed by atoms with van der Waals surface area (Å²) in [5, 5.41) is 8.61. The predicted octanol–water partition coefficient (Wildman–Crippen LogP) is 0.847. The van der Waals surface area contributed by atoms with E-state index in [1.54, 1.807) is 12.2 Å². The summed E-state index contributed by atoms with van der Waals surface area (Å²) in [7, 11) is 1.93. The zero-order valence-electron chi connectivity index (χ0n) is 6.66. The van der Waals surface area contributed by atoms with E-state index < -0.39 is 5.97 Å². The molecule has 11 heavy (non-hydrogen) atoms. The fourth-order valence-corrected chi connectivity index (χ4v) is 0.922. The lowest BCUT2D eigenvalue weighted by Crippen LogP contribution is -2.20. The molecule has 0 bridgehead atoms. The second-order valence-corrected chi connectivity index (χ2v) is 2.63. The van der Waals surface area contributed by atoms with Crippen LogP contribution in [0.25, 0.3) is 0 Å². The molecule has 0 aromatic heterocycles. The smallest absolute Gasteiger partial charge is 0.335 e. The van der Waals surface area contributed by atoms with Crippen LogP contribution >= 0.6 is 0 Å². The maximum atomic E-state index is 10.5. The van der Waals surface area contributed by atoms with E-state index in [2.05, 4.69) is 0 Å². The topological polar surface area (TPSA) is 40.5 Å². The molecule has 0 aliphatic carbocycles. The summed E-state index contributed by atoms with van der Waals surface area (Å²) >= 11 is 0. The molecular formula is C8H11NO2. The molecule has 0 radical (unpaired) electrons. The van der Waals surface area contributed by atoms with E-state index >= 15 is 0 Å². The minimum Gasteiger partial charge on any atom is -0.478 e. The molecule has 3 nitrogen and oxygen atoms in total. The fourth-order valence-electron chi connectivity index (χ4n) is 0.922. The van der Waals surface area contributed by atoms with Crippen LogP contribution in [-0.4, -0.2) is 29.6 Å². The van der Waals surface area contributed by atoms with E-state index in [-0.39, 0.29) is 0 Å². The van der Waals surface area contributed by atoms with Gasteiger partial charge in [-0.1, -0.05) is 6.08 Å². The number of nitrogens with zero attached hydrogens (tertiary/aromatic N) is 1. The van der Waals surface area contributed by atoms with Gasteiger partial charge in [0.25, 0.3) is 0 Å². The number of aliphatic carboxylic acids is 1. The van der Waals surface area contributed by atoms with E-state index in [1.807, 2.05) is 18.9 Å². The molecule has 0 unspecified atom stereocenters. The lowest BCUT2D eigenvalue weighted by atomic mass is 10.1. The Kier molecular flexibility index (Phi) is 1.98. The monoisotopic (exact) mass is 153 g/mol. The first-order valence-electron chi connectivity index (χ1n) is 3.44. The Morgan fingerprint density at radius 3 is 2.82 bits per heavy atom. The molecule has 0 spiro atoms. The third-order valence-corrected chi connectivity index (χ3v) is 1.80. The summed E-state index contributed by atoms with van der Waals surface area (Å²) < 4.78 is 0. The number of hydrogen-bond acceptors (Lipinski definition) is 2. The van der Waals surface area contributed by atoms with Crippen molar-refractivity contribution < 1.29 is 9.90 Å². The summed E-state index contributed by atoms with van der Waals surface area (Å²) in [6, 6.07) is 0. The maximum absolute atomic E-state index is 10.5. The Bertz CT molecular complexity index is 240. The lowest BCUT2D eigenvalue weighted by molar-refractivity contribution is -0.132. The Morgan fingerprint density at radius 1 is 1.73 bits per heavy atom. The number of likely N-dealkylation sites (N-methyl/N-ethyl adjacent to an activating group) is 1. The number of allylic oxidation sites excluding steroid dienone is 1. The molecule has 0 aromatic rings. The van der Waals surface area contributed by atoms with Gasteiger partial charge in [0.1, 0.15) is 0 Å². The van der Waals surface area contributed by atoms with Crippen LogP contribution in [0.2, 0.25) is 0 Å². The highest BCUT2D eigenvalue weighted by molar-refractivity contribution is 5.90. The zero-order chi connectivity index (χ0) is 8.43. The van der Waals surface area contributed by atoms with Crippen LogP contribution in [0.3, 0.4) is 0 Å². The minimum atomic E-state index is -0.850. The molecule has 0 amide bonds. The molecule has 60 valence electrons. The van der Waals surface area contributed by atoms with E-state index in [1.165, 1.54) is 0 Å². The van der Waals surface area contributed by atoms with Crippen molar-refractivity contribution in [2.45, 2.75) is 6.92 Å². The minimum absolute atomic E-state index is 0.389. The predicted molar refractivity (Wildman–Crippen MR) is 42.1 cm³/mol. The number of rotatable bonds is 1. The molecule has 0 saturated carbocycles. The van der Waals surface area contributed by atoms with Gasteiger partial charge in [0.15, 0.2) is 0 Å². The molecule has 0 atom stereocenters. The van der Waals surface area contributed by atoms with Gasteiger partial charge in [-0.3, -0.25) is 0 Å². The average Bonchev–Trinajstić information content (AvgIpc) is 1.94. The Hall–Kier alpha value is -1.25. The van der Waals surface area contributed by atoms with Gasteiger partial charge in [0, 0.05) is 19.3 Å². The van der Waals surface area contributed by atoms with Gasteiger partial charge >= 0.3 is 5.97 Å². The van der Waals surface area contributed by atoms with E-state index in [4.69, 9.17) is 5.11 Å². The van der Waals surface area contributed by atoms with Crippen molar-refractivity contribution in [1.82, 2.24) is 4.90 Å². The van der Waals surface area contributed by atoms with Crippen molar-refractivity contribution in [2.24, 2.45) is 0 Å². The van der Waals surface area contributed by atoms with Crippen molar-refractivity contribution in [3.8, 4) is 0 Å². The van der Waals surface area contributed by atoms with Crippen LogP contribution < -0.4 is 0 Å². The first-order chi connectivity index (χ1) is 5.11. The average molecular weight is 153 g/mol. The van der Waals surface area contributed by atoms with Gasteiger partial charge in [-0.15, -0.1) is 0 Å². The second kappa shape index (κ2) is 2.78. The molecule has 1 heterocycles. The fraction of sp³-hybridized carbons (Fsp3) is 0.375. The van der Waals surface area contributed by atoms with Crippen LogP contribution in [0.1, 0.15) is 6.92 Å². The highest BCUT2D eigenvalue weighted by atomic mass is 16.4. The summed E-state index contributed by atoms with van der Waals surface area (Å²) in [4.78, 5) is 12.5. The largest absolute Gasteiger partial charge is 0.478 e.